The highest BCUT2D eigenvalue weighted by atomic mass is 32.1. The predicted octanol–water partition coefficient (Wildman–Crippen LogP) is 4.76. The van der Waals surface area contributed by atoms with E-state index in [0.29, 0.717) is 29.1 Å². The molecular weight excluding hydrogens is 450 g/mol. The summed E-state index contributed by atoms with van der Waals surface area (Å²) in [7, 11) is 0. The number of rotatable bonds is 6. The van der Waals surface area contributed by atoms with Gasteiger partial charge in [0.05, 0.1) is 12.1 Å². The number of halogens is 2. The van der Waals surface area contributed by atoms with E-state index in [9.17, 15) is 28.3 Å². The molecule has 2 amide bonds. The van der Waals surface area contributed by atoms with Gasteiger partial charge in [-0.2, -0.15) is 0 Å². The van der Waals surface area contributed by atoms with E-state index in [0.717, 1.165) is 49.1 Å². The number of nitrogens with one attached hydrogen (secondary N) is 1. The number of hydrogen-bond donors (Lipinski definition) is 2. The Morgan fingerprint density at radius 1 is 1.12 bits per heavy atom. The quantitative estimate of drug-likeness (QED) is 0.629. The Balaban J connectivity index is 1.43. The van der Waals surface area contributed by atoms with Crippen molar-refractivity contribution in [3.63, 3.8) is 0 Å². The highest BCUT2D eigenvalue weighted by Crippen LogP contribution is 2.38. The molecule has 1 saturated carbocycles. The van der Waals surface area contributed by atoms with E-state index in [1.165, 1.54) is 17.4 Å². The number of nitrogens with zero attached hydrogens (tertiary/aromatic N) is 1. The number of carboxylic acids is 1. The topological polar surface area (TPSA) is 86.7 Å². The maximum atomic E-state index is 13.4. The number of carbonyl (C=O) groups is 3. The molecule has 33 heavy (non-hydrogen) atoms. The highest BCUT2D eigenvalue weighted by molar-refractivity contribution is 7.17. The van der Waals surface area contributed by atoms with Crippen LogP contribution in [-0.2, 0) is 29.0 Å². The monoisotopic (exact) mass is 476 g/mol. The number of benzene rings is 1. The van der Waals surface area contributed by atoms with Gasteiger partial charge in [0.1, 0.15) is 5.00 Å². The molecule has 0 radical (unpaired) electrons. The first kappa shape index (κ1) is 23.4. The van der Waals surface area contributed by atoms with Gasteiger partial charge in [-0.3, -0.25) is 9.59 Å². The molecule has 2 aliphatic rings. The van der Waals surface area contributed by atoms with E-state index in [1.807, 2.05) is 0 Å². The fraction of sp³-hybridized carbons (Fsp3) is 0.458. The van der Waals surface area contributed by atoms with Crippen molar-refractivity contribution >= 4 is 34.1 Å². The number of carbonyl (C=O) groups excluding carboxylic acids is 2. The van der Waals surface area contributed by atoms with Crippen LogP contribution >= 0.6 is 11.3 Å². The van der Waals surface area contributed by atoms with Crippen LogP contribution in [0, 0.1) is 17.6 Å². The zero-order valence-electron chi connectivity index (χ0n) is 18.2. The van der Waals surface area contributed by atoms with Crippen LogP contribution in [0.5, 0.6) is 0 Å². The second kappa shape index (κ2) is 9.99. The molecule has 1 aromatic heterocycles. The third kappa shape index (κ3) is 5.24. The summed E-state index contributed by atoms with van der Waals surface area (Å²) in [6.07, 6.45) is 5.59. The molecule has 4 rings (SSSR count). The average molecular weight is 477 g/mol. The van der Waals surface area contributed by atoms with Gasteiger partial charge in [-0.25, -0.2) is 13.6 Å². The summed E-state index contributed by atoms with van der Waals surface area (Å²) in [5, 5.41) is 13.0. The van der Waals surface area contributed by atoms with Gasteiger partial charge in [-0.15, -0.1) is 11.3 Å². The van der Waals surface area contributed by atoms with E-state index >= 15 is 0 Å². The van der Waals surface area contributed by atoms with E-state index in [2.05, 4.69) is 5.32 Å². The Kier molecular flexibility index (Phi) is 7.07. The van der Waals surface area contributed by atoms with Gasteiger partial charge in [-0.05, 0) is 48.9 Å². The summed E-state index contributed by atoms with van der Waals surface area (Å²) in [6, 6.07) is 3.60. The van der Waals surface area contributed by atoms with Gasteiger partial charge in [0.2, 0.25) is 11.8 Å². The number of thiophene rings is 1. The van der Waals surface area contributed by atoms with Gasteiger partial charge in [-0.1, -0.05) is 25.3 Å². The molecule has 176 valence electrons. The minimum atomic E-state index is -1.08. The molecule has 1 aliphatic heterocycles. The molecule has 0 spiro atoms. The molecular formula is C24H26F2N2O4S. The molecule has 1 aliphatic carbocycles. The maximum Gasteiger partial charge on any atom is 0.339 e. The number of amides is 2. The average Bonchev–Trinajstić information content (AvgIpc) is 3.17. The molecule has 1 aromatic carbocycles. The number of anilines is 1. The Labute approximate surface area is 194 Å². The highest BCUT2D eigenvalue weighted by Gasteiger charge is 2.31. The zero-order chi connectivity index (χ0) is 23.5. The Morgan fingerprint density at radius 3 is 2.58 bits per heavy atom. The zero-order valence-corrected chi connectivity index (χ0v) is 19.0. The smallest absolute Gasteiger partial charge is 0.339 e. The maximum absolute atomic E-state index is 13.4. The lowest BCUT2D eigenvalue weighted by atomic mass is 9.88. The van der Waals surface area contributed by atoms with Crippen LogP contribution in [0.25, 0.3) is 0 Å². The first-order valence-corrected chi connectivity index (χ1v) is 12.1. The lowest BCUT2D eigenvalue weighted by Crippen LogP contribution is -2.35. The third-order valence-electron chi connectivity index (χ3n) is 6.45. The largest absolute Gasteiger partial charge is 0.478 e. The Bertz CT molecular complexity index is 1080. The normalized spacial score (nSPS) is 16.4. The second-order valence-corrected chi connectivity index (χ2v) is 9.76. The van der Waals surface area contributed by atoms with Gasteiger partial charge in [0.25, 0.3) is 0 Å². The van der Waals surface area contributed by atoms with Gasteiger partial charge in [0.15, 0.2) is 11.6 Å². The molecule has 0 atom stereocenters. The molecule has 0 unspecified atom stereocenters. The van der Waals surface area contributed by atoms with Gasteiger partial charge < -0.3 is 15.3 Å². The van der Waals surface area contributed by atoms with Crippen molar-refractivity contribution in [1.82, 2.24) is 4.90 Å². The Hall–Kier alpha value is -2.81. The number of hydrogen-bond acceptors (Lipinski definition) is 4. The fourth-order valence-corrected chi connectivity index (χ4v) is 5.87. The predicted molar refractivity (Wildman–Crippen MR) is 120 cm³/mol. The van der Waals surface area contributed by atoms with Crippen LogP contribution in [0.2, 0.25) is 0 Å². The summed E-state index contributed by atoms with van der Waals surface area (Å²) in [6.45, 7) is 0.646. The molecule has 2 N–H and O–H groups in total. The van der Waals surface area contributed by atoms with Crippen molar-refractivity contribution in [3.8, 4) is 0 Å². The van der Waals surface area contributed by atoms with Crippen molar-refractivity contribution < 1.29 is 28.3 Å². The third-order valence-corrected chi connectivity index (χ3v) is 7.58. The van der Waals surface area contributed by atoms with E-state index in [-0.39, 0.29) is 42.7 Å². The summed E-state index contributed by atoms with van der Waals surface area (Å²) in [4.78, 5) is 39.8. The molecule has 0 bridgehead atoms. The van der Waals surface area contributed by atoms with E-state index in [4.69, 9.17) is 0 Å². The number of fused-ring (bicyclic) bond motifs is 1. The van der Waals surface area contributed by atoms with Crippen molar-refractivity contribution in [2.45, 2.75) is 57.9 Å². The number of aryl methyl sites for hydroxylation is 1. The van der Waals surface area contributed by atoms with E-state index < -0.39 is 17.6 Å². The van der Waals surface area contributed by atoms with Crippen molar-refractivity contribution in [2.24, 2.45) is 5.92 Å². The summed E-state index contributed by atoms with van der Waals surface area (Å²) in [5.74, 6) is -3.30. The molecule has 6 nitrogen and oxygen atoms in total. The molecule has 1 fully saturated rings. The SMILES string of the molecule is O=C(O)c1c(NC(=O)C2CCCCC2)sc2c1CCN(C(=O)CCc1ccc(F)c(F)c1)C2. The standard InChI is InChI=1S/C24H26F2N2O4S/c25-17-8-6-14(12-18(17)26)7-9-20(29)28-11-10-16-19(13-28)33-23(21(16)24(31)32)27-22(30)15-4-2-1-3-5-15/h6,8,12,15H,1-5,7,9-11,13H2,(H,27,30)(H,31,32). The lowest BCUT2D eigenvalue weighted by molar-refractivity contribution is -0.132. The molecule has 0 saturated heterocycles. The lowest BCUT2D eigenvalue weighted by Gasteiger charge is -2.27. The summed E-state index contributed by atoms with van der Waals surface area (Å²) < 4.78 is 26.5. The van der Waals surface area contributed by atoms with Gasteiger partial charge in [0, 0.05) is 23.8 Å². The minimum absolute atomic E-state index is 0.0890. The van der Waals surface area contributed by atoms with Crippen LogP contribution in [0.3, 0.4) is 0 Å². The first-order chi connectivity index (χ1) is 15.8. The van der Waals surface area contributed by atoms with Crippen LogP contribution < -0.4 is 5.32 Å². The fourth-order valence-electron chi connectivity index (χ4n) is 4.61. The van der Waals surface area contributed by atoms with E-state index in [1.54, 1.807) is 4.90 Å². The number of aromatic carboxylic acids is 1. The van der Waals surface area contributed by atoms with Crippen molar-refractivity contribution in [1.29, 1.82) is 0 Å². The number of carboxylic acid groups (broad SMARTS) is 1. The summed E-state index contributed by atoms with van der Waals surface area (Å²) in [5.41, 5.74) is 1.35. The molecule has 9 heteroatoms. The van der Waals surface area contributed by atoms with Crippen LogP contribution in [0.15, 0.2) is 18.2 Å². The van der Waals surface area contributed by atoms with Crippen LogP contribution in [0.4, 0.5) is 13.8 Å². The Morgan fingerprint density at radius 2 is 1.88 bits per heavy atom. The van der Waals surface area contributed by atoms with Crippen LogP contribution in [-0.4, -0.2) is 34.3 Å². The van der Waals surface area contributed by atoms with Gasteiger partial charge >= 0.3 is 5.97 Å². The van der Waals surface area contributed by atoms with Crippen molar-refractivity contribution in [2.75, 3.05) is 11.9 Å². The minimum Gasteiger partial charge on any atom is -0.478 e. The van der Waals surface area contributed by atoms with Crippen molar-refractivity contribution in [3.05, 3.63) is 51.4 Å². The second-order valence-electron chi connectivity index (χ2n) is 8.65. The molecule has 2 heterocycles. The first-order valence-electron chi connectivity index (χ1n) is 11.2. The molecule has 2 aromatic rings. The van der Waals surface area contributed by atoms with Crippen LogP contribution in [0.1, 0.15) is 64.9 Å². The summed E-state index contributed by atoms with van der Waals surface area (Å²) >= 11 is 1.22.